The number of carboxylic acids is 2. The van der Waals surface area contributed by atoms with Gasteiger partial charge < -0.3 is 35.2 Å². The van der Waals surface area contributed by atoms with Gasteiger partial charge in [-0.05, 0) is 83.6 Å². The van der Waals surface area contributed by atoms with E-state index in [2.05, 4.69) is 39.9 Å². The molecule has 0 saturated heterocycles. The predicted octanol–water partition coefficient (Wildman–Crippen LogP) is 8.60. The topological polar surface area (TPSA) is 221 Å². The van der Waals surface area contributed by atoms with Gasteiger partial charge in [0.25, 0.3) is 0 Å². The Morgan fingerprint density at radius 2 is 0.779 bits per heavy atom. The maximum Gasteiger partial charge on any atom is 2.00 e. The van der Waals surface area contributed by atoms with Crippen molar-refractivity contribution in [1.29, 1.82) is 0 Å². The summed E-state index contributed by atoms with van der Waals surface area (Å²) in [6.07, 6.45) is 6.91. The zero-order chi connectivity index (χ0) is 45.6. The fourth-order valence-electron chi connectivity index (χ4n) is 8.03. The molecule has 6 heterocycles. The van der Waals surface area contributed by atoms with E-state index in [4.69, 9.17) is 23.2 Å². The number of halogens is 4. The Morgan fingerprint density at radius 3 is 1.13 bits per heavy atom. The minimum Gasteiger partial charge on any atom is -0.545 e. The SMILES string of the molecule is Fc1cccc(Cl)c1-c1nc2c3cccnc3c3ncccc3c2[nH]1.Fc1cccc(Cl)c1-c1nc2c3cccnc3c3ncccc3c2[nH]1.O.O=C([O-])c1ccc(C(=O)[O-])c2ccccc12.[Pb+2]. The van der Waals surface area contributed by atoms with E-state index >= 15 is 0 Å². The quantitative estimate of drug-likeness (QED) is 0.126. The monoisotopic (exact) mass is 1140 g/mol. The average molecular weight is 1140 g/mol. The zero-order valence-electron chi connectivity index (χ0n) is 34.7. The Bertz CT molecular complexity index is 3510. The van der Waals surface area contributed by atoms with Crippen LogP contribution in [0.25, 0.3) is 99.2 Å². The summed E-state index contributed by atoms with van der Waals surface area (Å²) in [5, 5.41) is 26.4. The number of carbonyl (C=O) groups is 2. The minimum atomic E-state index is -1.33. The molecule has 0 aliphatic carbocycles. The number of carbonyl (C=O) groups excluding carboxylic acids is 2. The van der Waals surface area contributed by atoms with Crippen molar-refractivity contribution >= 4 is 139 Å². The van der Waals surface area contributed by atoms with Crippen LogP contribution in [-0.2, 0) is 0 Å². The van der Waals surface area contributed by atoms with Crippen molar-refractivity contribution in [2.75, 3.05) is 0 Å². The summed E-state index contributed by atoms with van der Waals surface area (Å²) in [5.74, 6) is -2.73. The van der Waals surface area contributed by atoms with E-state index in [0.29, 0.717) is 32.5 Å². The van der Waals surface area contributed by atoms with Crippen LogP contribution in [0.4, 0.5) is 8.78 Å². The van der Waals surface area contributed by atoms with Crippen LogP contribution in [0.15, 0.2) is 146 Å². The van der Waals surface area contributed by atoms with Crippen LogP contribution in [0.5, 0.6) is 0 Å². The maximum absolute atomic E-state index is 14.3. The van der Waals surface area contributed by atoms with Crippen molar-refractivity contribution in [3.8, 4) is 22.8 Å². The third-order valence-corrected chi connectivity index (χ3v) is 11.5. The molecule has 0 aliphatic heterocycles. The van der Waals surface area contributed by atoms with Gasteiger partial charge >= 0.3 is 27.3 Å². The van der Waals surface area contributed by atoms with Crippen LogP contribution in [0.1, 0.15) is 20.7 Å². The van der Waals surface area contributed by atoms with E-state index < -0.39 is 23.6 Å². The van der Waals surface area contributed by atoms with Gasteiger partial charge in [0.2, 0.25) is 0 Å². The number of nitrogens with zero attached hydrogens (tertiary/aromatic N) is 6. The molecular formula is C50H28Cl2F2N8O5Pb. The third kappa shape index (κ3) is 8.29. The molecule has 0 bridgehead atoms. The second-order valence-corrected chi connectivity index (χ2v) is 15.5. The number of nitrogens with one attached hydrogen (secondary N) is 2. The molecule has 0 aliphatic rings. The number of aromatic carboxylic acids is 2. The summed E-state index contributed by atoms with van der Waals surface area (Å²) >= 11 is 12.4. The summed E-state index contributed by atoms with van der Waals surface area (Å²) in [6, 6.07) is 33.1. The molecule has 4 N–H and O–H groups in total. The van der Waals surface area contributed by atoms with E-state index in [9.17, 15) is 28.6 Å². The van der Waals surface area contributed by atoms with Gasteiger partial charge in [-0.25, -0.2) is 18.7 Å². The Hall–Kier alpha value is -7.58. The van der Waals surface area contributed by atoms with Gasteiger partial charge in [-0.1, -0.05) is 71.7 Å². The second kappa shape index (κ2) is 19.3. The van der Waals surface area contributed by atoms with Gasteiger partial charge in [-0.2, -0.15) is 0 Å². The summed E-state index contributed by atoms with van der Waals surface area (Å²) in [4.78, 5) is 55.2. The molecule has 0 fully saturated rings. The standard InChI is InChI=1S/2C19H10ClFN4.C12H8O4.H2O.Pb/c2*20-12-6-1-7-13(21)14(12)19-24-17-10-4-2-8-22-15(10)16-11(18(17)25-19)5-3-9-23-16;13-11(14)9-5-6-10(12(15)16)8-4-2-1-3-7(8)9;;/h2*1-9H,(H,24,25);1-6H,(H,13,14)(H,15,16);1H2;/q;;;;+2/p-2. The molecule has 68 heavy (non-hydrogen) atoms. The number of carboxylic acid groups (broad SMARTS) is 2. The molecule has 0 saturated carbocycles. The summed E-state index contributed by atoms with van der Waals surface area (Å²) in [5.41, 5.74) is 6.57. The fraction of sp³-hybridized carbons (Fsp3) is 0. The van der Waals surface area contributed by atoms with E-state index in [0.717, 1.165) is 65.7 Å². The van der Waals surface area contributed by atoms with Crippen LogP contribution in [0.3, 0.4) is 0 Å². The van der Waals surface area contributed by atoms with Crippen molar-refractivity contribution in [3.05, 3.63) is 179 Å². The summed E-state index contributed by atoms with van der Waals surface area (Å²) < 4.78 is 28.6. The Morgan fingerprint density at radius 1 is 0.441 bits per heavy atom. The second-order valence-electron chi connectivity index (χ2n) is 14.7. The van der Waals surface area contributed by atoms with Crippen LogP contribution in [0.2, 0.25) is 10.0 Å². The first-order chi connectivity index (χ1) is 32.1. The molecule has 13 nitrogen and oxygen atoms in total. The van der Waals surface area contributed by atoms with E-state index in [-0.39, 0.29) is 55.0 Å². The van der Waals surface area contributed by atoms with Crippen molar-refractivity contribution in [2.24, 2.45) is 0 Å². The normalized spacial score (nSPS) is 10.9. The Balaban J connectivity index is 0.000000140. The minimum absolute atomic E-state index is 0. The van der Waals surface area contributed by atoms with Crippen LogP contribution < -0.4 is 10.2 Å². The Kier molecular flexibility index (Phi) is 13.3. The Labute approximate surface area is 412 Å². The van der Waals surface area contributed by atoms with Gasteiger partial charge in [-0.15, -0.1) is 0 Å². The zero-order valence-corrected chi connectivity index (χ0v) is 40.1. The van der Waals surface area contributed by atoms with Gasteiger partial charge in [0.1, 0.15) is 23.3 Å². The molecule has 6 aromatic heterocycles. The van der Waals surface area contributed by atoms with Crippen molar-refractivity contribution in [3.63, 3.8) is 0 Å². The molecule has 12 rings (SSSR count). The van der Waals surface area contributed by atoms with Gasteiger partial charge in [-0.3, -0.25) is 19.9 Å². The number of rotatable bonds is 4. The van der Waals surface area contributed by atoms with E-state index in [1.807, 2.05) is 48.5 Å². The molecule has 12 aromatic rings. The molecule has 2 radical (unpaired) electrons. The van der Waals surface area contributed by atoms with Gasteiger partial charge in [0.05, 0.1) is 77.2 Å². The van der Waals surface area contributed by atoms with Crippen LogP contribution in [0, 0.1) is 11.6 Å². The molecule has 330 valence electrons. The first-order valence-corrected chi connectivity index (χ1v) is 20.7. The summed E-state index contributed by atoms with van der Waals surface area (Å²) in [6.45, 7) is 0. The molecule has 6 aromatic carbocycles. The number of pyridine rings is 4. The van der Waals surface area contributed by atoms with Crippen molar-refractivity contribution < 1.29 is 34.1 Å². The van der Waals surface area contributed by atoms with Gasteiger partial charge in [0, 0.05) is 57.5 Å². The number of imidazole rings is 2. The molecule has 0 amide bonds. The first-order valence-electron chi connectivity index (χ1n) is 19.9. The first kappa shape index (κ1) is 46.9. The number of hydrogen-bond donors (Lipinski definition) is 2. The van der Waals surface area contributed by atoms with E-state index in [1.165, 1.54) is 36.4 Å². The van der Waals surface area contributed by atoms with Crippen molar-refractivity contribution in [1.82, 2.24) is 39.9 Å². The fourth-order valence-corrected chi connectivity index (χ4v) is 8.53. The number of fused-ring (bicyclic) bond motifs is 13. The predicted molar refractivity (Wildman–Crippen MR) is 256 cm³/mol. The van der Waals surface area contributed by atoms with Crippen molar-refractivity contribution in [2.45, 2.75) is 0 Å². The van der Waals surface area contributed by atoms with Crippen LogP contribution >= 0.6 is 23.2 Å². The largest absolute Gasteiger partial charge is 2.00 e. The molecular weight excluding hydrogens is 1110 g/mol. The third-order valence-electron chi connectivity index (χ3n) is 10.9. The maximum atomic E-state index is 14.3. The van der Waals surface area contributed by atoms with Crippen LogP contribution in [-0.4, -0.2) is 84.6 Å². The van der Waals surface area contributed by atoms with E-state index in [1.54, 1.807) is 61.2 Å². The summed E-state index contributed by atoms with van der Waals surface area (Å²) in [7, 11) is 0. The average Bonchev–Trinajstić information content (AvgIpc) is 3.98. The molecule has 0 atom stereocenters. The van der Waals surface area contributed by atoms with Gasteiger partial charge in [0.15, 0.2) is 0 Å². The molecule has 0 unspecified atom stereocenters. The number of hydrogen-bond acceptors (Lipinski definition) is 10. The number of benzene rings is 6. The number of H-pyrrole nitrogens is 2. The molecule has 18 heteroatoms. The smallest absolute Gasteiger partial charge is 0.545 e. The molecule has 0 spiro atoms. The number of aromatic amines is 2. The number of aromatic nitrogens is 8.